The number of para-hydroxylation sites is 1. The predicted octanol–water partition coefficient (Wildman–Crippen LogP) is -0.315. The number of aliphatic imine (C=N–C) groups is 2. The number of guanidine groups is 2. The van der Waals surface area contributed by atoms with E-state index in [1.165, 1.54) is 0 Å². The molecule has 0 bridgehead atoms. The number of amides is 11. The number of H-pyrrole nitrogens is 1. The van der Waals surface area contributed by atoms with E-state index in [2.05, 4.69) is 68.1 Å². The fourth-order valence-electron chi connectivity index (χ4n) is 12.8. The summed E-state index contributed by atoms with van der Waals surface area (Å²) in [5.74, 6) is -9.03. The summed E-state index contributed by atoms with van der Waals surface area (Å²) in [6, 6.07) is 19.4. The van der Waals surface area contributed by atoms with Gasteiger partial charge in [0.15, 0.2) is 11.9 Å². The normalized spacial score (nSPS) is 14.1. The van der Waals surface area contributed by atoms with Gasteiger partial charge in [0.1, 0.15) is 60.4 Å². The van der Waals surface area contributed by atoms with Crippen molar-refractivity contribution in [3.63, 3.8) is 0 Å². The molecule has 0 saturated carbocycles. The molecule has 1 aromatic heterocycles. The Balaban J connectivity index is 1.49. The Morgan fingerprint density at radius 3 is 0.982 bits per heavy atom. The molecule has 0 radical (unpaired) electrons. The van der Waals surface area contributed by atoms with E-state index in [0.717, 1.165) is 0 Å². The van der Waals surface area contributed by atoms with Gasteiger partial charge in [-0.15, -0.1) is 0 Å². The van der Waals surface area contributed by atoms with Gasteiger partial charge in [0.25, 0.3) is 0 Å². The first-order valence-electron chi connectivity index (χ1n) is 39.1. The summed E-state index contributed by atoms with van der Waals surface area (Å²) in [5, 5.41) is 28.9. The smallest absolute Gasteiger partial charge is 0.243 e. The quantitative estimate of drug-likeness (QED) is 0.0135. The van der Waals surface area contributed by atoms with E-state index in [1.54, 1.807) is 103 Å². The number of carbonyl (C=O) groups is 11. The Morgan fingerprint density at radius 1 is 0.336 bits per heavy atom. The van der Waals surface area contributed by atoms with E-state index in [-0.39, 0.29) is 127 Å². The maximum absolute atomic E-state index is 15.4. The molecule has 5 aromatic rings. The van der Waals surface area contributed by atoms with Crippen LogP contribution in [0.25, 0.3) is 10.9 Å². The van der Waals surface area contributed by atoms with E-state index in [9.17, 15) is 28.8 Å². The van der Waals surface area contributed by atoms with Crippen molar-refractivity contribution in [2.24, 2.45) is 73.4 Å². The van der Waals surface area contributed by atoms with Gasteiger partial charge in [0.2, 0.25) is 65.0 Å². The Labute approximate surface area is 661 Å². The molecule has 11 atom stereocenters. The second-order valence-corrected chi connectivity index (χ2v) is 29.3. The van der Waals surface area contributed by atoms with Crippen LogP contribution in [-0.4, -0.2) is 181 Å². The van der Waals surface area contributed by atoms with Crippen LogP contribution >= 0.6 is 0 Å². The van der Waals surface area contributed by atoms with Crippen LogP contribution in [0.4, 0.5) is 0 Å². The molecule has 33 heteroatoms. The molecular formula is C80H122N22O11. The minimum absolute atomic E-state index is 0.00528. The zero-order valence-corrected chi connectivity index (χ0v) is 65.6. The molecule has 0 aliphatic heterocycles. The van der Waals surface area contributed by atoms with E-state index in [4.69, 9.17) is 51.6 Å². The van der Waals surface area contributed by atoms with Crippen molar-refractivity contribution >= 4 is 87.8 Å². The lowest BCUT2D eigenvalue weighted by Gasteiger charge is -2.29. The number of benzene rings is 4. The van der Waals surface area contributed by atoms with Gasteiger partial charge < -0.3 is 110 Å². The topological polar surface area (TPSA) is 583 Å². The van der Waals surface area contributed by atoms with Gasteiger partial charge in [-0.3, -0.25) is 62.7 Å². The highest BCUT2D eigenvalue weighted by molar-refractivity contribution is 6.00. The first kappa shape index (κ1) is 92.6. The van der Waals surface area contributed by atoms with Gasteiger partial charge in [-0.25, -0.2) is 0 Å². The van der Waals surface area contributed by atoms with Crippen molar-refractivity contribution in [2.45, 2.75) is 216 Å². The van der Waals surface area contributed by atoms with Crippen molar-refractivity contribution in [2.75, 3.05) is 32.7 Å². The molecule has 0 saturated heterocycles. The monoisotopic (exact) mass is 1570 g/mol. The van der Waals surface area contributed by atoms with Gasteiger partial charge in [0.05, 0.1) is 6.04 Å². The number of nitrogens with one attached hydrogen (secondary N) is 11. The van der Waals surface area contributed by atoms with Crippen LogP contribution in [0.5, 0.6) is 0 Å². The number of unbranched alkanes of at least 4 members (excludes halogenated alkanes) is 3. The molecule has 5 rings (SSSR count). The lowest BCUT2D eigenvalue weighted by molar-refractivity contribution is -0.136. The molecular weight excluding hydrogens is 1450 g/mol. The molecule has 0 aliphatic carbocycles. The number of hydrogen-bond donors (Lipinski definition) is 20. The molecule has 1 heterocycles. The van der Waals surface area contributed by atoms with Crippen LogP contribution in [0.1, 0.15) is 146 Å². The molecule has 33 nitrogen and oxygen atoms in total. The lowest BCUT2D eigenvalue weighted by Crippen LogP contribution is -2.61. The number of nitrogens with zero attached hydrogens (tertiary/aromatic N) is 2. The molecule has 29 N–H and O–H groups in total. The zero-order valence-electron chi connectivity index (χ0n) is 65.6. The van der Waals surface area contributed by atoms with Crippen LogP contribution in [-0.2, 0) is 78.4 Å². The van der Waals surface area contributed by atoms with Gasteiger partial charge >= 0.3 is 0 Å². The van der Waals surface area contributed by atoms with Crippen LogP contribution < -0.4 is 105 Å². The van der Waals surface area contributed by atoms with E-state index >= 15 is 24.0 Å². The van der Waals surface area contributed by atoms with Crippen molar-refractivity contribution in [1.82, 2.24) is 58.2 Å². The number of aromatic amines is 1. The summed E-state index contributed by atoms with van der Waals surface area (Å²) in [7, 11) is 0. The van der Waals surface area contributed by atoms with Crippen LogP contribution in [0, 0.1) is 11.8 Å². The Morgan fingerprint density at radius 2 is 0.628 bits per heavy atom. The third-order valence-electron chi connectivity index (χ3n) is 18.8. The van der Waals surface area contributed by atoms with E-state index in [1.807, 2.05) is 45.9 Å². The molecule has 0 spiro atoms. The molecule has 0 fully saturated rings. The average molecular weight is 1570 g/mol. The maximum atomic E-state index is 15.4. The minimum atomic E-state index is -1.47. The molecule has 618 valence electrons. The average Bonchev–Trinajstić information content (AvgIpc) is 1.70. The summed E-state index contributed by atoms with van der Waals surface area (Å²) in [6.45, 7) is 8.39. The third kappa shape index (κ3) is 34.2. The highest BCUT2D eigenvalue weighted by Gasteiger charge is 2.37. The standard InChI is InChI=1S/C80H122N22O11/c1-49(2)42-56(84)69(104)93-58(32-16-19-37-81)70(105)95-62(36-23-41-91-80(88)89)74(109)100-66(46-53-28-12-7-13-29-53)77(112)99-64(43-50(3)4)75(110)96-60(34-18-21-39-83)73(108)102-67(47-54-48-92-57-31-15-14-30-55(54)57)78(113)101-65(45-52-26-10-6-11-27-52)76(111)97-59(33-17-20-38-82)71(106)94-61(35-22-40-90-79(86)87)72(107)98-63(68(85)103)44-51-24-8-5-9-25-51/h5-15,24-31,48-50,56,58-67,92H,16-23,32-47,81-84H2,1-4H3,(H2,85,103)(H,93,104)(H,94,106)(H,95,105)(H,96,110)(H,97,111)(H,98,107)(H,99,112)(H,100,109)(H,101,113)(H,102,108)(H4,86,87,90)(H4,88,89,91)/t56-,58-,59-,60-,61-,62-,63-,64-,65-,66-,67-/m0/s1. The number of aromatic nitrogens is 1. The highest BCUT2D eigenvalue weighted by atomic mass is 16.2. The maximum Gasteiger partial charge on any atom is 0.243 e. The van der Waals surface area contributed by atoms with E-state index in [0.29, 0.717) is 84.6 Å². The Bertz CT molecular complexity index is 3880. The summed E-state index contributed by atoms with van der Waals surface area (Å²) in [5.41, 5.74) is 55.5. The van der Waals surface area contributed by atoms with Gasteiger partial charge in [-0.2, -0.15) is 0 Å². The van der Waals surface area contributed by atoms with Crippen LogP contribution in [0.15, 0.2) is 131 Å². The third-order valence-corrected chi connectivity index (χ3v) is 18.8. The Hall–Kier alpha value is -11.0. The van der Waals surface area contributed by atoms with Crippen molar-refractivity contribution in [1.29, 1.82) is 0 Å². The number of nitrogens with two attached hydrogens (primary N) is 9. The van der Waals surface area contributed by atoms with Gasteiger partial charge in [-0.1, -0.05) is 137 Å². The fraction of sp³-hybridized carbons (Fsp3) is 0.512. The first-order chi connectivity index (χ1) is 54.1. The fourth-order valence-corrected chi connectivity index (χ4v) is 12.8. The second kappa shape index (κ2) is 50.1. The molecule has 113 heavy (non-hydrogen) atoms. The van der Waals surface area contributed by atoms with Crippen LogP contribution in [0.3, 0.4) is 0 Å². The number of hydrogen-bond acceptors (Lipinski definition) is 17. The first-order valence-corrected chi connectivity index (χ1v) is 39.1. The predicted molar refractivity (Wildman–Crippen MR) is 436 cm³/mol. The highest BCUT2D eigenvalue weighted by Crippen LogP contribution is 2.21. The summed E-state index contributed by atoms with van der Waals surface area (Å²) in [6.07, 6.45) is 4.68. The summed E-state index contributed by atoms with van der Waals surface area (Å²) in [4.78, 5) is 172. The van der Waals surface area contributed by atoms with Crippen molar-refractivity contribution in [3.05, 3.63) is 144 Å². The van der Waals surface area contributed by atoms with E-state index < -0.39 is 131 Å². The number of fused-ring (bicyclic) bond motifs is 1. The minimum Gasteiger partial charge on any atom is -0.370 e. The zero-order chi connectivity index (χ0) is 82.8. The van der Waals surface area contributed by atoms with Crippen LogP contribution in [0.2, 0.25) is 0 Å². The number of carbonyl (C=O) groups excluding carboxylic acids is 11. The Kier molecular flexibility index (Phi) is 41.0. The number of rotatable bonds is 53. The van der Waals surface area contributed by atoms with Crippen molar-refractivity contribution < 1.29 is 52.7 Å². The molecule has 4 aromatic carbocycles. The molecule has 0 unspecified atom stereocenters. The molecule has 0 aliphatic rings. The summed E-state index contributed by atoms with van der Waals surface area (Å²) < 4.78 is 0. The number of primary amides is 1. The van der Waals surface area contributed by atoms with Gasteiger partial charge in [0, 0.05) is 55.9 Å². The summed E-state index contributed by atoms with van der Waals surface area (Å²) >= 11 is 0. The second-order valence-electron chi connectivity index (χ2n) is 29.3. The largest absolute Gasteiger partial charge is 0.370 e. The lowest BCUT2D eigenvalue weighted by atomic mass is 9.99. The SMILES string of the molecule is CC(C)C[C@H](NC(=O)[C@H](Cc1ccccc1)NC(=O)[C@H](CCCN=C(N)N)NC(=O)[C@H](CCCCN)NC(=O)[C@@H](N)CC(C)C)C(=O)N[C@@H](CCCCN)C(=O)N[C@@H](Cc1c[nH]c2ccccc12)C(=O)N[C@@H](Cc1ccccc1)C(=O)N[C@@H](CCCCN)C(=O)N[C@@H](CCCN=C(N)N)C(=O)N[C@@H](Cc1ccccc1)C(N)=O. The van der Waals surface area contributed by atoms with Gasteiger partial charge in [-0.05, 0) is 156 Å². The van der Waals surface area contributed by atoms with Crippen molar-refractivity contribution in [3.8, 4) is 0 Å². The molecule has 11 amide bonds.